The molecule has 4 rings (SSSR count). The van der Waals surface area contributed by atoms with Gasteiger partial charge < -0.3 is 4.74 Å². The minimum Gasteiger partial charge on any atom is -0.497 e. The second-order valence-corrected chi connectivity index (χ2v) is 8.97. The Morgan fingerprint density at radius 1 is 0.900 bits per heavy atom. The lowest BCUT2D eigenvalue weighted by Gasteiger charge is -2.13. The number of methoxy groups -OCH3 is 1. The van der Waals surface area contributed by atoms with Gasteiger partial charge >= 0.3 is 0 Å². The lowest BCUT2D eigenvalue weighted by molar-refractivity contribution is 0.103. The summed E-state index contributed by atoms with van der Waals surface area (Å²) in [6.45, 7) is 3.74. The van der Waals surface area contributed by atoms with Gasteiger partial charge in [-0.3, -0.25) is 4.79 Å². The molecule has 5 nitrogen and oxygen atoms in total. The highest BCUT2D eigenvalue weighted by molar-refractivity contribution is 7.90. The molecule has 0 radical (unpaired) electrons. The average Bonchev–Trinajstić information content (AvgIpc) is 3.15. The normalized spacial score (nSPS) is 11.6. The second kappa shape index (κ2) is 7.46. The molecule has 1 heterocycles. The molecule has 0 bridgehead atoms. The maximum absolute atomic E-state index is 13.6. The number of benzene rings is 3. The molecule has 0 N–H and O–H groups in total. The summed E-state index contributed by atoms with van der Waals surface area (Å²) in [5.74, 6) is 0.244. The van der Waals surface area contributed by atoms with Gasteiger partial charge in [0.2, 0.25) is 5.78 Å². The topological polar surface area (TPSA) is 65.4 Å². The van der Waals surface area contributed by atoms with Gasteiger partial charge in [0.05, 0.1) is 17.5 Å². The average molecular weight is 420 g/mol. The van der Waals surface area contributed by atoms with Crippen molar-refractivity contribution in [1.82, 2.24) is 3.97 Å². The number of ketones is 1. The predicted octanol–water partition coefficient (Wildman–Crippen LogP) is 4.73. The van der Waals surface area contributed by atoms with E-state index >= 15 is 0 Å². The Morgan fingerprint density at radius 2 is 1.63 bits per heavy atom. The van der Waals surface area contributed by atoms with Gasteiger partial charge in [0.1, 0.15) is 11.4 Å². The fourth-order valence-corrected chi connectivity index (χ4v) is 5.06. The molecule has 0 fully saturated rings. The minimum absolute atomic E-state index is 0.0933. The summed E-state index contributed by atoms with van der Waals surface area (Å²) in [6, 6.07) is 20.4. The Balaban J connectivity index is 2.03. The van der Waals surface area contributed by atoms with Gasteiger partial charge in [-0.1, -0.05) is 35.9 Å². The third-order valence-corrected chi connectivity index (χ3v) is 6.86. The van der Waals surface area contributed by atoms with E-state index in [1.807, 2.05) is 26.0 Å². The summed E-state index contributed by atoms with van der Waals surface area (Å²) in [4.78, 5) is 13.6. The van der Waals surface area contributed by atoms with E-state index in [4.69, 9.17) is 4.74 Å². The zero-order valence-corrected chi connectivity index (χ0v) is 17.7. The van der Waals surface area contributed by atoms with E-state index in [9.17, 15) is 13.2 Å². The number of nitrogens with zero attached hydrogens (tertiary/aromatic N) is 1. The molecular formula is C24H21NO4S. The van der Waals surface area contributed by atoms with Crippen LogP contribution in [0.2, 0.25) is 0 Å². The van der Waals surface area contributed by atoms with Crippen molar-refractivity contribution in [3.05, 3.63) is 95.2 Å². The fraction of sp³-hybridized carbons (Fsp3) is 0.125. The molecule has 1 aromatic heterocycles. The van der Waals surface area contributed by atoms with Crippen molar-refractivity contribution in [3.8, 4) is 5.75 Å². The van der Waals surface area contributed by atoms with E-state index in [2.05, 4.69) is 0 Å². The molecule has 0 amide bonds. The second-order valence-electron chi connectivity index (χ2n) is 7.18. The van der Waals surface area contributed by atoms with Crippen LogP contribution in [0, 0.1) is 13.8 Å². The highest BCUT2D eigenvalue weighted by atomic mass is 32.2. The molecule has 0 aliphatic carbocycles. The Hall–Kier alpha value is -3.38. The van der Waals surface area contributed by atoms with Gasteiger partial charge in [-0.15, -0.1) is 0 Å². The maximum atomic E-state index is 13.6. The number of hydrogen-bond donors (Lipinski definition) is 0. The van der Waals surface area contributed by atoms with Gasteiger partial charge in [0, 0.05) is 10.9 Å². The zero-order chi connectivity index (χ0) is 21.5. The summed E-state index contributed by atoms with van der Waals surface area (Å²) in [5, 5.41) is 0.613. The van der Waals surface area contributed by atoms with Gasteiger partial charge in [0.25, 0.3) is 10.0 Å². The summed E-state index contributed by atoms with van der Waals surface area (Å²) < 4.78 is 33.5. The first-order valence-electron chi connectivity index (χ1n) is 9.45. The number of fused-ring (bicyclic) bond motifs is 1. The van der Waals surface area contributed by atoms with Crippen molar-refractivity contribution >= 4 is 26.7 Å². The number of hydrogen-bond acceptors (Lipinski definition) is 4. The molecule has 30 heavy (non-hydrogen) atoms. The van der Waals surface area contributed by atoms with E-state index in [0.29, 0.717) is 22.2 Å². The number of rotatable bonds is 5. The number of carbonyl (C=O) groups excluding carboxylic acids is 1. The third kappa shape index (κ3) is 3.29. The van der Waals surface area contributed by atoms with Crippen LogP contribution >= 0.6 is 0 Å². The summed E-state index contributed by atoms with van der Waals surface area (Å²) in [5.41, 5.74) is 2.72. The van der Waals surface area contributed by atoms with Crippen molar-refractivity contribution in [1.29, 1.82) is 0 Å². The number of aryl methyl sites for hydroxylation is 2. The standard InChI is InChI=1S/C24H21NO4S/c1-16-9-10-17(2)21(13-16)24(26)23-15-18-14-19(29-3)11-12-22(18)25(23)30(27,28)20-7-5-4-6-8-20/h4-15H,1-3H3. The highest BCUT2D eigenvalue weighted by Gasteiger charge is 2.27. The molecule has 0 unspecified atom stereocenters. The number of carbonyl (C=O) groups is 1. The Morgan fingerprint density at radius 3 is 2.33 bits per heavy atom. The van der Waals surface area contributed by atoms with Gasteiger partial charge in [0.15, 0.2) is 0 Å². The molecular weight excluding hydrogens is 398 g/mol. The smallest absolute Gasteiger partial charge is 0.268 e. The van der Waals surface area contributed by atoms with E-state index in [0.717, 1.165) is 15.1 Å². The lowest BCUT2D eigenvalue weighted by atomic mass is 10.0. The van der Waals surface area contributed by atoms with Crippen molar-refractivity contribution in [3.63, 3.8) is 0 Å². The molecule has 152 valence electrons. The number of ether oxygens (including phenoxy) is 1. The van der Waals surface area contributed by atoms with Crippen LogP contribution in [0.25, 0.3) is 10.9 Å². The van der Waals surface area contributed by atoms with Gasteiger partial charge in [-0.2, -0.15) is 0 Å². The SMILES string of the molecule is COc1ccc2c(c1)cc(C(=O)c1cc(C)ccc1C)n2S(=O)(=O)c1ccccc1. The highest BCUT2D eigenvalue weighted by Crippen LogP contribution is 2.30. The fourth-order valence-electron chi connectivity index (χ4n) is 3.53. The largest absolute Gasteiger partial charge is 0.497 e. The molecule has 0 aliphatic heterocycles. The van der Waals surface area contributed by atoms with Crippen molar-refractivity contribution in [2.45, 2.75) is 18.7 Å². The van der Waals surface area contributed by atoms with Crippen molar-refractivity contribution in [2.75, 3.05) is 7.11 Å². The summed E-state index contributed by atoms with van der Waals surface area (Å²) >= 11 is 0. The third-order valence-electron chi connectivity index (χ3n) is 5.12. The molecule has 6 heteroatoms. The number of aromatic nitrogens is 1. The lowest BCUT2D eigenvalue weighted by Crippen LogP contribution is -2.19. The van der Waals surface area contributed by atoms with Crippen molar-refractivity contribution in [2.24, 2.45) is 0 Å². The first-order valence-corrected chi connectivity index (χ1v) is 10.9. The van der Waals surface area contributed by atoms with E-state index < -0.39 is 10.0 Å². The first kappa shape index (κ1) is 19.9. The van der Waals surface area contributed by atoms with Gasteiger partial charge in [-0.05, 0) is 61.9 Å². The maximum Gasteiger partial charge on any atom is 0.268 e. The zero-order valence-electron chi connectivity index (χ0n) is 16.9. The molecule has 0 spiro atoms. The van der Waals surface area contributed by atoms with Crippen molar-refractivity contribution < 1.29 is 17.9 Å². The van der Waals surface area contributed by atoms with E-state index in [1.54, 1.807) is 55.6 Å². The van der Waals surface area contributed by atoms with Crippen LogP contribution in [0.4, 0.5) is 0 Å². The molecule has 3 aromatic carbocycles. The van der Waals surface area contributed by atoms with Crippen LogP contribution in [0.3, 0.4) is 0 Å². The molecule has 0 saturated carbocycles. The Kier molecular flexibility index (Phi) is 4.95. The Bertz CT molecular complexity index is 1370. The summed E-state index contributed by atoms with van der Waals surface area (Å²) in [6.07, 6.45) is 0. The predicted molar refractivity (Wildman–Crippen MR) is 117 cm³/mol. The van der Waals surface area contributed by atoms with E-state index in [1.165, 1.54) is 12.1 Å². The van der Waals surface area contributed by atoms with Crippen LogP contribution in [-0.4, -0.2) is 25.3 Å². The summed E-state index contributed by atoms with van der Waals surface area (Å²) in [7, 11) is -2.45. The van der Waals surface area contributed by atoms with Crippen LogP contribution in [-0.2, 0) is 10.0 Å². The monoisotopic (exact) mass is 419 g/mol. The molecule has 4 aromatic rings. The van der Waals surface area contributed by atoms with Crippen LogP contribution in [0.5, 0.6) is 5.75 Å². The van der Waals surface area contributed by atoms with Crippen LogP contribution in [0.15, 0.2) is 77.7 Å². The van der Waals surface area contributed by atoms with Crippen LogP contribution < -0.4 is 4.74 Å². The van der Waals surface area contributed by atoms with Crippen LogP contribution in [0.1, 0.15) is 27.2 Å². The first-order chi connectivity index (χ1) is 14.3. The quantitative estimate of drug-likeness (QED) is 0.439. The molecule has 0 atom stereocenters. The molecule has 0 aliphatic rings. The van der Waals surface area contributed by atoms with E-state index in [-0.39, 0.29) is 16.4 Å². The molecule has 0 saturated heterocycles. The van der Waals surface area contributed by atoms with Gasteiger partial charge in [-0.25, -0.2) is 12.4 Å². The Labute approximate surface area is 175 Å². The minimum atomic E-state index is -3.99.